The lowest BCUT2D eigenvalue weighted by molar-refractivity contribution is 0.0960. The van der Waals surface area contributed by atoms with Gasteiger partial charge >= 0.3 is 0 Å². The van der Waals surface area contributed by atoms with Gasteiger partial charge in [0.2, 0.25) is 0 Å². The monoisotopic (exact) mass is 250 g/mol. The summed E-state index contributed by atoms with van der Waals surface area (Å²) >= 11 is 0. The Kier molecular flexibility index (Phi) is 2.80. The Bertz CT molecular complexity index is 694. The predicted octanol–water partition coefficient (Wildman–Crippen LogP) is 3.28. The maximum Gasteiger partial charge on any atom is 0.263 e. The summed E-state index contributed by atoms with van der Waals surface area (Å²) in [4.78, 5) is 12.5. The molecule has 0 radical (unpaired) electrons. The number of nitrogens with zero attached hydrogens (tertiary/aromatic N) is 2. The maximum absolute atomic E-state index is 12.5. The minimum Gasteiger partial charge on any atom is -0.323 e. The van der Waals surface area contributed by atoms with Gasteiger partial charge in [-0.15, -0.1) is 0 Å². The van der Waals surface area contributed by atoms with Crippen LogP contribution in [0.3, 0.4) is 0 Å². The summed E-state index contributed by atoms with van der Waals surface area (Å²) in [5.41, 5.74) is 2.67. The van der Waals surface area contributed by atoms with Crippen molar-refractivity contribution in [1.82, 2.24) is 9.13 Å². The van der Waals surface area contributed by atoms with Crippen molar-refractivity contribution in [3.05, 3.63) is 78.4 Å². The zero-order chi connectivity index (χ0) is 13.2. The highest BCUT2D eigenvalue weighted by atomic mass is 16.2. The molecule has 0 saturated heterocycles. The molecule has 0 amide bonds. The molecule has 3 rings (SSSR count). The topological polar surface area (TPSA) is 26.9 Å². The minimum atomic E-state index is -0.0163. The van der Waals surface area contributed by atoms with E-state index in [2.05, 4.69) is 0 Å². The quantitative estimate of drug-likeness (QED) is 0.685. The minimum absolute atomic E-state index is 0.0163. The van der Waals surface area contributed by atoms with Gasteiger partial charge in [-0.1, -0.05) is 11.6 Å². The van der Waals surface area contributed by atoms with Crippen LogP contribution >= 0.6 is 0 Å². The molecule has 0 unspecified atom stereocenters. The van der Waals surface area contributed by atoms with E-state index in [9.17, 15) is 4.79 Å². The molecular weight excluding hydrogens is 236 g/mol. The fourth-order valence-corrected chi connectivity index (χ4v) is 2.15. The fourth-order valence-electron chi connectivity index (χ4n) is 2.15. The molecule has 0 spiro atoms. The Hall–Kier alpha value is -2.55. The van der Waals surface area contributed by atoms with Crippen molar-refractivity contribution in [3.8, 4) is 5.69 Å². The molecule has 1 aromatic carbocycles. The van der Waals surface area contributed by atoms with E-state index in [0.29, 0.717) is 5.56 Å². The van der Waals surface area contributed by atoms with Crippen molar-refractivity contribution in [2.75, 3.05) is 0 Å². The molecule has 2 aromatic heterocycles. The van der Waals surface area contributed by atoms with E-state index in [1.807, 2.05) is 66.3 Å². The van der Waals surface area contributed by atoms with Crippen LogP contribution in [0.25, 0.3) is 5.69 Å². The lowest BCUT2D eigenvalue weighted by atomic mass is 10.1. The van der Waals surface area contributed by atoms with Crippen molar-refractivity contribution in [2.24, 2.45) is 0 Å². The maximum atomic E-state index is 12.5. The van der Waals surface area contributed by atoms with Crippen LogP contribution in [0.1, 0.15) is 15.9 Å². The first-order valence-corrected chi connectivity index (χ1v) is 6.17. The molecule has 0 saturated carbocycles. The third kappa shape index (κ3) is 2.10. The van der Waals surface area contributed by atoms with Gasteiger partial charge in [-0.05, 0) is 43.3 Å². The summed E-state index contributed by atoms with van der Waals surface area (Å²) in [5, 5.41) is 0. The van der Waals surface area contributed by atoms with Crippen LogP contribution in [0, 0.1) is 6.92 Å². The van der Waals surface area contributed by atoms with E-state index in [-0.39, 0.29) is 5.91 Å². The third-order valence-corrected chi connectivity index (χ3v) is 3.10. The molecule has 0 atom stereocenters. The summed E-state index contributed by atoms with van der Waals surface area (Å²) < 4.78 is 3.55. The molecule has 94 valence electrons. The average molecular weight is 250 g/mol. The Morgan fingerprint density at radius 2 is 1.58 bits per heavy atom. The van der Waals surface area contributed by atoms with Gasteiger partial charge in [-0.3, -0.25) is 9.36 Å². The molecule has 0 aliphatic carbocycles. The number of aryl methyl sites for hydroxylation is 1. The standard InChI is InChI=1S/C16H14N2O/c1-13-6-7-15(17-8-2-3-9-17)14(12-13)16(19)18-10-4-5-11-18/h2-12H,1H3. The number of hydrogen-bond acceptors (Lipinski definition) is 1. The predicted molar refractivity (Wildman–Crippen MR) is 74.7 cm³/mol. The Morgan fingerprint density at radius 3 is 2.26 bits per heavy atom. The van der Waals surface area contributed by atoms with E-state index in [1.165, 1.54) is 0 Å². The first-order chi connectivity index (χ1) is 9.25. The van der Waals surface area contributed by atoms with E-state index in [1.54, 1.807) is 17.0 Å². The van der Waals surface area contributed by atoms with Crippen molar-refractivity contribution >= 4 is 5.91 Å². The van der Waals surface area contributed by atoms with Gasteiger partial charge in [0.05, 0.1) is 11.3 Å². The molecule has 0 aliphatic heterocycles. The number of carbonyl (C=O) groups excluding carboxylic acids is 1. The molecule has 0 fully saturated rings. The second-order valence-electron chi connectivity index (χ2n) is 4.51. The van der Waals surface area contributed by atoms with Gasteiger partial charge in [-0.25, -0.2) is 0 Å². The molecule has 0 aliphatic rings. The van der Waals surface area contributed by atoms with Crippen LogP contribution in [0.2, 0.25) is 0 Å². The van der Waals surface area contributed by atoms with Crippen LogP contribution in [0.5, 0.6) is 0 Å². The van der Waals surface area contributed by atoms with Gasteiger partial charge in [0.25, 0.3) is 5.91 Å². The number of hydrogen-bond donors (Lipinski definition) is 0. The normalized spacial score (nSPS) is 10.6. The van der Waals surface area contributed by atoms with Crippen molar-refractivity contribution in [3.63, 3.8) is 0 Å². The SMILES string of the molecule is Cc1ccc(-n2cccc2)c(C(=O)n2cccc2)c1. The van der Waals surface area contributed by atoms with Crippen LogP contribution in [0.15, 0.2) is 67.3 Å². The summed E-state index contributed by atoms with van der Waals surface area (Å²) in [6.45, 7) is 1.99. The molecular formula is C16H14N2O. The average Bonchev–Trinajstić information content (AvgIpc) is 3.11. The van der Waals surface area contributed by atoms with Gasteiger partial charge in [-0.2, -0.15) is 0 Å². The Balaban J connectivity index is 2.14. The zero-order valence-electron chi connectivity index (χ0n) is 10.7. The van der Waals surface area contributed by atoms with Crippen molar-refractivity contribution < 1.29 is 4.79 Å². The van der Waals surface area contributed by atoms with Crippen LogP contribution in [-0.2, 0) is 0 Å². The summed E-state index contributed by atoms with van der Waals surface area (Å²) in [5.74, 6) is -0.0163. The summed E-state index contributed by atoms with van der Waals surface area (Å²) in [6, 6.07) is 13.5. The zero-order valence-corrected chi connectivity index (χ0v) is 10.7. The highest BCUT2D eigenvalue weighted by Crippen LogP contribution is 2.18. The Labute approximate surface area is 111 Å². The van der Waals surface area contributed by atoms with Crippen molar-refractivity contribution in [2.45, 2.75) is 6.92 Å². The van der Waals surface area contributed by atoms with Crippen LogP contribution in [-0.4, -0.2) is 15.0 Å². The third-order valence-electron chi connectivity index (χ3n) is 3.10. The lowest BCUT2D eigenvalue weighted by Gasteiger charge is -2.11. The lowest BCUT2D eigenvalue weighted by Crippen LogP contribution is -2.13. The smallest absolute Gasteiger partial charge is 0.263 e. The molecule has 3 nitrogen and oxygen atoms in total. The number of aromatic nitrogens is 2. The van der Waals surface area contributed by atoms with Crippen LogP contribution in [0.4, 0.5) is 0 Å². The van der Waals surface area contributed by atoms with Crippen molar-refractivity contribution in [1.29, 1.82) is 0 Å². The number of carbonyl (C=O) groups is 1. The van der Waals surface area contributed by atoms with E-state index >= 15 is 0 Å². The first-order valence-electron chi connectivity index (χ1n) is 6.17. The second kappa shape index (κ2) is 4.61. The number of rotatable bonds is 2. The van der Waals surface area contributed by atoms with Crippen LogP contribution < -0.4 is 0 Å². The fraction of sp³-hybridized carbons (Fsp3) is 0.0625. The van der Waals surface area contributed by atoms with Gasteiger partial charge in [0.15, 0.2) is 0 Å². The number of benzene rings is 1. The summed E-state index contributed by atoms with van der Waals surface area (Å²) in [6.07, 6.45) is 7.42. The first kappa shape index (κ1) is 11.5. The second-order valence-corrected chi connectivity index (χ2v) is 4.51. The highest BCUT2D eigenvalue weighted by molar-refractivity contribution is 5.99. The van der Waals surface area contributed by atoms with E-state index < -0.39 is 0 Å². The molecule has 0 bridgehead atoms. The van der Waals surface area contributed by atoms with E-state index in [4.69, 9.17) is 0 Å². The van der Waals surface area contributed by atoms with Gasteiger partial charge < -0.3 is 4.57 Å². The molecule has 3 heteroatoms. The molecule has 19 heavy (non-hydrogen) atoms. The van der Waals surface area contributed by atoms with Gasteiger partial charge in [0, 0.05) is 24.8 Å². The molecule has 0 N–H and O–H groups in total. The Morgan fingerprint density at radius 1 is 0.947 bits per heavy atom. The summed E-state index contributed by atoms with van der Waals surface area (Å²) in [7, 11) is 0. The largest absolute Gasteiger partial charge is 0.323 e. The molecule has 2 heterocycles. The van der Waals surface area contributed by atoms with E-state index in [0.717, 1.165) is 11.3 Å². The molecule has 3 aromatic rings. The van der Waals surface area contributed by atoms with Gasteiger partial charge in [0.1, 0.15) is 0 Å². The highest BCUT2D eigenvalue weighted by Gasteiger charge is 2.13.